The molecule has 17 heavy (non-hydrogen) atoms. The lowest BCUT2D eigenvalue weighted by Crippen LogP contribution is -2.12. The molecule has 92 valence electrons. The maximum atomic E-state index is 10.8. The molecule has 1 aromatic rings. The Morgan fingerprint density at radius 3 is 2.12 bits per heavy atom. The van der Waals surface area contributed by atoms with Crippen LogP contribution in [0.2, 0.25) is 0 Å². The van der Waals surface area contributed by atoms with Gasteiger partial charge in [-0.05, 0) is 30.5 Å². The van der Waals surface area contributed by atoms with E-state index >= 15 is 0 Å². The van der Waals surface area contributed by atoms with Crippen LogP contribution in [0.3, 0.4) is 0 Å². The monoisotopic (exact) mass is 236 g/mol. The first-order valence-electron chi connectivity index (χ1n) is 5.41. The van der Waals surface area contributed by atoms with E-state index in [1.807, 2.05) is 26.0 Å². The van der Waals surface area contributed by atoms with Gasteiger partial charge in [0, 0.05) is 5.92 Å². The molecule has 0 bridgehead atoms. The summed E-state index contributed by atoms with van der Waals surface area (Å²) in [5.41, 5.74) is 2.83. The number of aliphatic carboxylic acids is 2. The van der Waals surface area contributed by atoms with Crippen molar-refractivity contribution in [2.24, 2.45) is 0 Å². The molecule has 0 atom stereocenters. The van der Waals surface area contributed by atoms with E-state index in [9.17, 15) is 9.59 Å². The van der Waals surface area contributed by atoms with Gasteiger partial charge in [-0.3, -0.25) is 9.59 Å². The first-order valence-corrected chi connectivity index (χ1v) is 5.41. The summed E-state index contributed by atoms with van der Waals surface area (Å²) in [6.45, 7) is 3.82. The van der Waals surface area contributed by atoms with E-state index in [2.05, 4.69) is 0 Å². The van der Waals surface area contributed by atoms with Crippen LogP contribution in [0.1, 0.15) is 35.4 Å². The number of carbonyl (C=O) groups is 2. The summed E-state index contributed by atoms with van der Waals surface area (Å²) in [6.07, 6.45) is -0.312. The van der Waals surface area contributed by atoms with E-state index in [-0.39, 0.29) is 12.8 Å². The molecule has 0 aromatic heterocycles. The zero-order chi connectivity index (χ0) is 13.0. The van der Waals surface area contributed by atoms with Crippen molar-refractivity contribution in [3.8, 4) is 0 Å². The zero-order valence-corrected chi connectivity index (χ0v) is 9.93. The number of carboxylic acids is 2. The van der Waals surface area contributed by atoms with Crippen LogP contribution in [0.5, 0.6) is 0 Å². The number of carboxylic acid groups (broad SMARTS) is 2. The van der Waals surface area contributed by atoms with Crippen molar-refractivity contribution < 1.29 is 19.8 Å². The van der Waals surface area contributed by atoms with Gasteiger partial charge in [0.2, 0.25) is 0 Å². The number of hydrogen-bond acceptors (Lipinski definition) is 2. The average Bonchev–Trinajstić information content (AvgIpc) is 2.19. The molecular formula is C13H16O4. The molecule has 0 saturated carbocycles. The molecule has 4 nitrogen and oxygen atoms in total. The predicted octanol–water partition coefficient (Wildman–Crippen LogP) is 2.34. The van der Waals surface area contributed by atoms with E-state index in [1.165, 1.54) is 0 Å². The number of aryl methyl sites for hydroxylation is 1. The van der Waals surface area contributed by atoms with Crippen molar-refractivity contribution in [1.82, 2.24) is 0 Å². The highest BCUT2D eigenvalue weighted by molar-refractivity contribution is 5.72. The second kappa shape index (κ2) is 5.48. The Labute approximate surface area is 99.9 Å². The maximum Gasteiger partial charge on any atom is 0.303 e. The van der Waals surface area contributed by atoms with Gasteiger partial charge in [0.1, 0.15) is 0 Å². The molecule has 0 saturated heterocycles. The highest BCUT2D eigenvalue weighted by Crippen LogP contribution is 2.28. The van der Waals surface area contributed by atoms with Gasteiger partial charge in [-0.25, -0.2) is 0 Å². The Hall–Kier alpha value is -1.84. The molecule has 0 radical (unpaired) electrons. The largest absolute Gasteiger partial charge is 0.481 e. The van der Waals surface area contributed by atoms with Gasteiger partial charge in [-0.15, -0.1) is 0 Å². The lowest BCUT2D eigenvalue weighted by Gasteiger charge is -2.17. The van der Waals surface area contributed by atoms with Crippen LogP contribution < -0.4 is 0 Å². The normalized spacial score (nSPS) is 10.5. The summed E-state index contributed by atoms with van der Waals surface area (Å²) >= 11 is 0. The molecule has 0 unspecified atom stereocenters. The summed E-state index contributed by atoms with van der Waals surface area (Å²) in [6, 6.07) is 5.56. The van der Waals surface area contributed by atoms with Crippen molar-refractivity contribution in [2.75, 3.05) is 0 Å². The number of benzene rings is 1. The Morgan fingerprint density at radius 2 is 1.65 bits per heavy atom. The summed E-state index contributed by atoms with van der Waals surface area (Å²) in [4.78, 5) is 21.5. The van der Waals surface area contributed by atoms with Crippen molar-refractivity contribution in [3.05, 3.63) is 34.9 Å². The molecule has 0 spiro atoms. The van der Waals surface area contributed by atoms with Crippen LogP contribution in [0.25, 0.3) is 0 Å². The molecular weight excluding hydrogens is 220 g/mol. The first-order chi connectivity index (χ1) is 7.91. The van der Waals surface area contributed by atoms with E-state index in [0.717, 1.165) is 16.7 Å². The third kappa shape index (κ3) is 3.59. The molecule has 4 heteroatoms. The van der Waals surface area contributed by atoms with Crippen LogP contribution in [0, 0.1) is 13.8 Å². The smallest absolute Gasteiger partial charge is 0.303 e. The minimum Gasteiger partial charge on any atom is -0.481 e. The minimum absolute atomic E-state index is 0.156. The van der Waals surface area contributed by atoms with E-state index in [4.69, 9.17) is 10.2 Å². The van der Waals surface area contributed by atoms with Crippen molar-refractivity contribution in [2.45, 2.75) is 32.6 Å². The topological polar surface area (TPSA) is 74.6 Å². The SMILES string of the molecule is Cc1cccc(C(CC(=O)O)CC(=O)O)c1C. The molecule has 2 N–H and O–H groups in total. The third-order valence-corrected chi connectivity index (χ3v) is 2.93. The average molecular weight is 236 g/mol. The molecule has 0 fully saturated rings. The fraction of sp³-hybridized carbons (Fsp3) is 0.385. The standard InChI is InChI=1S/C13H16O4/c1-8-4-3-5-11(9(8)2)10(6-12(14)15)7-13(16)17/h3-5,10H,6-7H2,1-2H3,(H,14,15)(H,16,17). The molecule has 0 aliphatic carbocycles. The van der Waals surface area contributed by atoms with Crippen LogP contribution in [0.15, 0.2) is 18.2 Å². The fourth-order valence-corrected chi connectivity index (χ4v) is 1.93. The third-order valence-electron chi connectivity index (χ3n) is 2.93. The Kier molecular flexibility index (Phi) is 4.26. The van der Waals surface area contributed by atoms with Crippen LogP contribution in [-0.4, -0.2) is 22.2 Å². The Morgan fingerprint density at radius 1 is 1.12 bits per heavy atom. The van der Waals surface area contributed by atoms with E-state index in [1.54, 1.807) is 6.07 Å². The van der Waals surface area contributed by atoms with Crippen molar-refractivity contribution >= 4 is 11.9 Å². The first kappa shape index (κ1) is 13.2. The Balaban J connectivity index is 3.07. The van der Waals surface area contributed by atoms with Crippen molar-refractivity contribution in [1.29, 1.82) is 0 Å². The van der Waals surface area contributed by atoms with Gasteiger partial charge >= 0.3 is 11.9 Å². The lowest BCUT2D eigenvalue weighted by molar-refractivity contribution is -0.139. The second-order valence-electron chi connectivity index (χ2n) is 4.18. The van der Waals surface area contributed by atoms with E-state index in [0.29, 0.717) is 0 Å². The Bertz CT molecular complexity index is 421. The van der Waals surface area contributed by atoms with Crippen LogP contribution >= 0.6 is 0 Å². The maximum absolute atomic E-state index is 10.8. The molecule has 0 aliphatic heterocycles. The van der Waals surface area contributed by atoms with Gasteiger partial charge in [-0.2, -0.15) is 0 Å². The molecule has 0 aliphatic rings. The quantitative estimate of drug-likeness (QED) is 0.822. The number of rotatable bonds is 5. The summed E-state index contributed by atoms with van der Waals surface area (Å²) in [5, 5.41) is 17.7. The van der Waals surface area contributed by atoms with Gasteiger partial charge in [0.25, 0.3) is 0 Å². The molecule has 1 rings (SSSR count). The van der Waals surface area contributed by atoms with Gasteiger partial charge < -0.3 is 10.2 Å². The summed E-state index contributed by atoms with van der Waals surface area (Å²) in [7, 11) is 0. The lowest BCUT2D eigenvalue weighted by atomic mass is 9.88. The van der Waals surface area contributed by atoms with Crippen LogP contribution in [-0.2, 0) is 9.59 Å². The second-order valence-corrected chi connectivity index (χ2v) is 4.18. The van der Waals surface area contributed by atoms with Gasteiger partial charge in [0.15, 0.2) is 0 Å². The van der Waals surface area contributed by atoms with Crippen LogP contribution in [0.4, 0.5) is 0 Å². The highest BCUT2D eigenvalue weighted by Gasteiger charge is 2.20. The van der Waals surface area contributed by atoms with Gasteiger partial charge in [-0.1, -0.05) is 18.2 Å². The summed E-state index contributed by atoms with van der Waals surface area (Å²) in [5.74, 6) is -2.42. The molecule has 0 heterocycles. The predicted molar refractivity (Wildman–Crippen MR) is 63.2 cm³/mol. The minimum atomic E-state index is -0.975. The van der Waals surface area contributed by atoms with Gasteiger partial charge in [0.05, 0.1) is 12.8 Å². The van der Waals surface area contributed by atoms with E-state index < -0.39 is 17.9 Å². The highest BCUT2D eigenvalue weighted by atomic mass is 16.4. The zero-order valence-electron chi connectivity index (χ0n) is 9.93. The molecule has 1 aromatic carbocycles. The van der Waals surface area contributed by atoms with Crippen molar-refractivity contribution in [3.63, 3.8) is 0 Å². The number of hydrogen-bond donors (Lipinski definition) is 2. The summed E-state index contributed by atoms with van der Waals surface area (Å²) < 4.78 is 0. The molecule has 0 amide bonds. The fourth-order valence-electron chi connectivity index (χ4n) is 1.93.